The number of nitrogens with one attached hydrogen (secondary N) is 3. The highest BCUT2D eigenvalue weighted by Crippen LogP contribution is 2.17. The average Bonchev–Trinajstić information content (AvgIpc) is 3.27. The minimum Gasteiger partial charge on any atom is -0.380 e. The van der Waals surface area contributed by atoms with Crippen LogP contribution in [0, 0.1) is 5.92 Å². The van der Waals surface area contributed by atoms with E-state index in [1.807, 2.05) is 30.3 Å². The van der Waals surface area contributed by atoms with Gasteiger partial charge in [0, 0.05) is 36.1 Å². The first-order chi connectivity index (χ1) is 14.0. The third-order valence-electron chi connectivity index (χ3n) is 5.03. The molecule has 3 N–H and O–H groups in total. The van der Waals surface area contributed by atoms with E-state index in [1.54, 1.807) is 24.3 Å². The van der Waals surface area contributed by atoms with Crippen LogP contribution in [0.5, 0.6) is 0 Å². The van der Waals surface area contributed by atoms with E-state index in [9.17, 15) is 9.59 Å². The van der Waals surface area contributed by atoms with Gasteiger partial charge in [0.15, 0.2) is 0 Å². The number of ether oxygens (including phenoxy) is 1. The second-order valence-electron chi connectivity index (χ2n) is 7.64. The van der Waals surface area contributed by atoms with Crippen LogP contribution in [0.4, 0.5) is 11.4 Å². The summed E-state index contributed by atoms with van der Waals surface area (Å²) < 4.78 is 5.40. The normalized spacial score (nSPS) is 17.0. The van der Waals surface area contributed by atoms with E-state index in [1.165, 1.54) is 0 Å². The highest BCUT2D eigenvalue weighted by Gasteiger charge is 2.23. The fourth-order valence-corrected chi connectivity index (χ4v) is 3.25. The molecule has 1 saturated heterocycles. The molecule has 3 rings (SSSR count). The van der Waals surface area contributed by atoms with Crippen LogP contribution in [0.2, 0.25) is 0 Å². The summed E-state index contributed by atoms with van der Waals surface area (Å²) in [6.07, 6.45) is 1.23. The van der Waals surface area contributed by atoms with Crippen molar-refractivity contribution < 1.29 is 14.3 Å². The van der Waals surface area contributed by atoms with Gasteiger partial charge in [-0.15, -0.1) is 0 Å². The third-order valence-corrected chi connectivity index (χ3v) is 5.03. The minimum atomic E-state index is -0.400. The zero-order chi connectivity index (χ0) is 20.6. The van der Waals surface area contributed by atoms with Gasteiger partial charge in [-0.2, -0.15) is 0 Å². The SMILES string of the molecule is CC(C)C(CNC(=O)c1cccc(NC(=O)C2CCCO2)c1)Nc1ccccc1. The van der Waals surface area contributed by atoms with E-state index >= 15 is 0 Å². The number of hydrogen-bond acceptors (Lipinski definition) is 4. The molecule has 0 spiro atoms. The quantitative estimate of drug-likeness (QED) is 0.637. The number of amides is 2. The lowest BCUT2D eigenvalue weighted by Crippen LogP contribution is -2.39. The van der Waals surface area contributed by atoms with E-state index in [-0.39, 0.29) is 17.9 Å². The van der Waals surface area contributed by atoms with E-state index in [2.05, 4.69) is 29.8 Å². The first kappa shape index (κ1) is 20.9. The highest BCUT2D eigenvalue weighted by molar-refractivity contribution is 5.98. The summed E-state index contributed by atoms with van der Waals surface area (Å²) >= 11 is 0. The molecule has 0 saturated carbocycles. The molecule has 154 valence electrons. The van der Waals surface area contributed by atoms with Crippen molar-refractivity contribution in [1.29, 1.82) is 0 Å². The van der Waals surface area contributed by atoms with Crippen molar-refractivity contribution in [2.75, 3.05) is 23.8 Å². The second kappa shape index (κ2) is 10.1. The Bertz CT molecular complexity index is 817. The lowest BCUT2D eigenvalue weighted by Gasteiger charge is -2.24. The molecule has 2 atom stereocenters. The number of carbonyl (C=O) groups is 2. The van der Waals surface area contributed by atoms with E-state index in [0.717, 1.165) is 18.5 Å². The fraction of sp³-hybridized carbons (Fsp3) is 0.391. The first-order valence-corrected chi connectivity index (χ1v) is 10.2. The fourth-order valence-electron chi connectivity index (χ4n) is 3.25. The van der Waals surface area contributed by atoms with Crippen molar-refractivity contribution in [3.8, 4) is 0 Å². The Hall–Kier alpha value is -2.86. The van der Waals surface area contributed by atoms with Gasteiger partial charge in [0.1, 0.15) is 6.10 Å². The molecular formula is C23H29N3O3. The van der Waals surface area contributed by atoms with Crippen molar-refractivity contribution in [3.05, 3.63) is 60.2 Å². The largest absolute Gasteiger partial charge is 0.380 e. The number of carbonyl (C=O) groups excluding carboxylic acids is 2. The number of hydrogen-bond donors (Lipinski definition) is 3. The van der Waals surface area contributed by atoms with Gasteiger partial charge >= 0.3 is 0 Å². The highest BCUT2D eigenvalue weighted by atomic mass is 16.5. The molecule has 2 aromatic carbocycles. The predicted octanol–water partition coefficient (Wildman–Crippen LogP) is 3.67. The molecule has 1 aliphatic heterocycles. The van der Waals surface area contributed by atoms with E-state index in [4.69, 9.17) is 4.74 Å². The van der Waals surface area contributed by atoms with Crippen molar-refractivity contribution in [2.24, 2.45) is 5.92 Å². The average molecular weight is 396 g/mol. The summed E-state index contributed by atoms with van der Waals surface area (Å²) in [6.45, 7) is 5.36. The summed E-state index contributed by atoms with van der Waals surface area (Å²) in [7, 11) is 0. The lowest BCUT2D eigenvalue weighted by atomic mass is 10.0. The molecule has 1 heterocycles. The predicted molar refractivity (Wildman–Crippen MR) is 115 cm³/mol. The minimum absolute atomic E-state index is 0.101. The number of anilines is 2. The Morgan fingerprint density at radius 2 is 1.83 bits per heavy atom. The molecular weight excluding hydrogens is 366 g/mol. The lowest BCUT2D eigenvalue weighted by molar-refractivity contribution is -0.124. The Morgan fingerprint density at radius 1 is 1.07 bits per heavy atom. The third kappa shape index (κ3) is 6.06. The summed E-state index contributed by atoms with van der Waals surface area (Å²) in [4.78, 5) is 24.9. The molecule has 6 nitrogen and oxygen atoms in total. The van der Waals surface area contributed by atoms with Crippen LogP contribution in [-0.4, -0.2) is 37.1 Å². The first-order valence-electron chi connectivity index (χ1n) is 10.2. The maximum Gasteiger partial charge on any atom is 0.253 e. The van der Waals surface area contributed by atoms with Crippen molar-refractivity contribution in [1.82, 2.24) is 5.32 Å². The van der Waals surface area contributed by atoms with Crippen molar-refractivity contribution in [2.45, 2.75) is 38.8 Å². The van der Waals surface area contributed by atoms with Crippen LogP contribution in [-0.2, 0) is 9.53 Å². The summed E-state index contributed by atoms with van der Waals surface area (Å²) in [5, 5.41) is 9.30. The molecule has 0 radical (unpaired) electrons. The molecule has 0 bridgehead atoms. The van der Waals surface area contributed by atoms with Gasteiger partial charge in [0.2, 0.25) is 0 Å². The zero-order valence-electron chi connectivity index (χ0n) is 17.0. The molecule has 0 aliphatic carbocycles. The van der Waals surface area contributed by atoms with Crippen LogP contribution in [0.25, 0.3) is 0 Å². The van der Waals surface area contributed by atoms with Crippen LogP contribution in [0.15, 0.2) is 54.6 Å². The van der Waals surface area contributed by atoms with Crippen molar-refractivity contribution in [3.63, 3.8) is 0 Å². The molecule has 6 heteroatoms. The summed E-state index contributed by atoms with van der Waals surface area (Å²) in [6, 6.07) is 17.0. The van der Waals surface area contributed by atoms with Gasteiger partial charge in [-0.25, -0.2) is 0 Å². The van der Waals surface area contributed by atoms with Gasteiger partial charge < -0.3 is 20.7 Å². The van der Waals surface area contributed by atoms with Crippen LogP contribution in [0.3, 0.4) is 0 Å². The second-order valence-corrected chi connectivity index (χ2v) is 7.64. The summed E-state index contributed by atoms with van der Waals surface area (Å²) in [5.41, 5.74) is 2.14. The summed E-state index contributed by atoms with van der Waals surface area (Å²) in [5.74, 6) is 0.0123. The Balaban J connectivity index is 1.57. The van der Waals surface area contributed by atoms with Gasteiger partial charge in [-0.3, -0.25) is 9.59 Å². The number of para-hydroxylation sites is 1. The smallest absolute Gasteiger partial charge is 0.253 e. The molecule has 2 amide bonds. The van der Waals surface area contributed by atoms with Gasteiger partial charge in [0.05, 0.1) is 0 Å². The van der Waals surface area contributed by atoms with Gasteiger partial charge in [0.25, 0.3) is 11.8 Å². The van der Waals surface area contributed by atoms with Crippen LogP contribution in [0.1, 0.15) is 37.0 Å². The van der Waals surface area contributed by atoms with Crippen LogP contribution >= 0.6 is 0 Å². The number of benzene rings is 2. The van der Waals surface area contributed by atoms with Crippen molar-refractivity contribution >= 4 is 23.2 Å². The molecule has 1 fully saturated rings. The van der Waals surface area contributed by atoms with E-state index in [0.29, 0.717) is 30.3 Å². The maximum atomic E-state index is 12.6. The standard InChI is InChI=1S/C23H29N3O3/c1-16(2)20(25-18-9-4-3-5-10-18)15-24-22(27)17-8-6-11-19(14-17)26-23(28)21-12-7-13-29-21/h3-6,8-11,14,16,20-21,25H,7,12-13,15H2,1-2H3,(H,24,27)(H,26,28). The topological polar surface area (TPSA) is 79.5 Å². The van der Waals surface area contributed by atoms with Crippen LogP contribution < -0.4 is 16.0 Å². The number of rotatable bonds is 8. The molecule has 29 heavy (non-hydrogen) atoms. The van der Waals surface area contributed by atoms with E-state index < -0.39 is 6.10 Å². The monoisotopic (exact) mass is 395 g/mol. The molecule has 2 unspecified atom stereocenters. The Morgan fingerprint density at radius 3 is 2.52 bits per heavy atom. The maximum absolute atomic E-state index is 12.6. The van der Waals surface area contributed by atoms with Gasteiger partial charge in [-0.05, 0) is 49.1 Å². The molecule has 1 aliphatic rings. The zero-order valence-corrected chi connectivity index (χ0v) is 17.0. The Labute approximate surface area is 172 Å². The van der Waals surface area contributed by atoms with Gasteiger partial charge in [-0.1, -0.05) is 38.1 Å². The molecule has 0 aromatic heterocycles. The Kier molecular flexibility index (Phi) is 7.25. The molecule has 2 aromatic rings.